The summed E-state index contributed by atoms with van der Waals surface area (Å²) in [5.41, 5.74) is 4.95. The number of anilines is 1. The molecule has 1 saturated heterocycles. The van der Waals surface area contributed by atoms with Gasteiger partial charge < -0.3 is 4.90 Å². The van der Waals surface area contributed by atoms with E-state index < -0.39 is 17.9 Å². The number of hydrogen-bond acceptors (Lipinski definition) is 6. The highest BCUT2D eigenvalue weighted by atomic mass is 19.1. The van der Waals surface area contributed by atoms with Gasteiger partial charge in [0.25, 0.3) is 11.8 Å². The highest BCUT2D eigenvalue weighted by molar-refractivity contribution is 6.24. The van der Waals surface area contributed by atoms with Gasteiger partial charge in [-0.25, -0.2) is 4.39 Å². The van der Waals surface area contributed by atoms with Gasteiger partial charge in [0.2, 0.25) is 0 Å². The van der Waals surface area contributed by atoms with Crippen LogP contribution >= 0.6 is 0 Å². The van der Waals surface area contributed by atoms with Gasteiger partial charge in [-0.2, -0.15) is 0 Å². The predicted molar refractivity (Wildman–Crippen MR) is 152 cm³/mol. The second-order valence-corrected chi connectivity index (χ2v) is 11.1. The maximum atomic E-state index is 13.4. The van der Waals surface area contributed by atoms with Crippen LogP contribution < -0.4 is 4.90 Å². The van der Waals surface area contributed by atoms with Crippen molar-refractivity contribution in [1.29, 1.82) is 0 Å². The van der Waals surface area contributed by atoms with Crippen molar-refractivity contribution in [1.82, 2.24) is 9.80 Å². The number of halogens is 1. The summed E-state index contributed by atoms with van der Waals surface area (Å²) in [5, 5.41) is 0. The van der Waals surface area contributed by atoms with Gasteiger partial charge in [-0.05, 0) is 66.3 Å². The fraction of sp³-hybridized carbons (Fsp3) is 0.333. The fourth-order valence-electron chi connectivity index (χ4n) is 6.16. The lowest BCUT2D eigenvalue weighted by atomic mass is 9.92. The minimum atomic E-state index is -0.855. The predicted octanol–water partition coefficient (Wildman–Crippen LogP) is 4.22. The van der Waals surface area contributed by atoms with Crippen LogP contribution in [0.3, 0.4) is 0 Å². The molecule has 41 heavy (non-hydrogen) atoms. The molecule has 3 aromatic carbocycles. The van der Waals surface area contributed by atoms with Crippen LogP contribution in [-0.2, 0) is 29.0 Å². The van der Waals surface area contributed by atoms with E-state index in [1.807, 2.05) is 18.2 Å². The third-order valence-electron chi connectivity index (χ3n) is 8.46. The normalized spacial score (nSPS) is 19.7. The molecule has 1 saturated carbocycles. The molecule has 3 aliphatic rings. The average Bonchev–Trinajstić information content (AvgIpc) is 3.23. The molecule has 6 rings (SSSR count). The van der Waals surface area contributed by atoms with Crippen LogP contribution in [0.25, 0.3) is 0 Å². The van der Waals surface area contributed by atoms with Crippen LogP contribution in [0, 0.1) is 5.82 Å². The van der Waals surface area contributed by atoms with Crippen LogP contribution in [0.4, 0.5) is 10.1 Å². The van der Waals surface area contributed by atoms with E-state index in [4.69, 9.17) is 0 Å². The van der Waals surface area contributed by atoms with Gasteiger partial charge in [-0.1, -0.05) is 36.4 Å². The summed E-state index contributed by atoms with van der Waals surface area (Å²) in [7, 11) is 0. The van der Waals surface area contributed by atoms with Gasteiger partial charge in [-0.15, -0.1) is 0 Å². The number of ketones is 2. The second-order valence-electron chi connectivity index (χ2n) is 11.1. The second kappa shape index (κ2) is 11.4. The number of nitrogens with zero attached hydrogens (tertiary/aromatic N) is 3. The number of carbonyl (C=O) groups excluding carboxylic acids is 4. The van der Waals surface area contributed by atoms with E-state index in [9.17, 15) is 23.6 Å². The van der Waals surface area contributed by atoms with Gasteiger partial charge in [-0.3, -0.25) is 29.0 Å². The summed E-state index contributed by atoms with van der Waals surface area (Å²) < 4.78 is 13.2. The van der Waals surface area contributed by atoms with E-state index in [0.29, 0.717) is 24.0 Å². The zero-order valence-corrected chi connectivity index (χ0v) is 22.9. The number of carbonyl (C=O) groups is 4. The lowest BCUT2D eigenvalue weighted by Crippen LogP contribution is -2.47. The van der Waals surface area contributed by atoms with Crippen molar-refractivity contribution in [3.63, 3.8) is 0 Å². The Hall–Kier alpha value is -4.17. The van der Waals surface area contributed by atoms with Crippen molar-refractivity contribution in [2.24, 2.45) is 0 Å². The number of aryl methyl sites for hydroxylation is 2. The van der Waals surface area contributed by atoms with Crippen molar-refractivity contribution in [3.05, 3.63) is 100 Å². The number of hydrogen-bond donors (Lipinski definition) is 0. The Bertz CT molecular complexity index is 1490. The summed E-state index contributed by atoms with van der Waals surface area (Å²) in [5.74, 6) is -1.58. The van der Waals surface area contributed by atoms with Crippen LogP contribution in [0.15, 0.2) is 66.7 Å². The number of amides is 2. The smallest absolute Gasteiger partial charge is 0.262 e. The third-order valence-corrected chi connectivity index (χ3v) is 8.46. The van der Waals surface area contributed by atoms with Gasteiger partial charge in [0.05, 0.1) is 23.6 Å². The Kier molecular flexibility index (Phi) is 7.49. The fourth-order valence-corrected chi connectivity index (χ4v) is 6.16. The number of fused-ring (bicyclic) bond motifs is 1. The summed E-state index contributed by atoms with van der Waals surface area (Å²) in [6, 6.07) is 19.6. The molecule has 2 aliphatic heterocycles. The number of piperazine rings is 1. The van der Waals surface area contributed by atoms with Crippen LogP contribution in [0.1, 0.15) is 56.7 Å². The Morgan fingerprint density at radius 2 is 1.46 bits per heavy atom. The standard InChI is InChI=1S/C33H32FN3O4/c34-25-10-12-26(13-11-25)36-18-16-35(17-19-36)21-23-6-4-22(5-7-23)8-9-24-2-1-3-28-31(24)33(41)37(32(28)40)29-15-14-27(38)20-30(29)39/h1-7,10-13,29H,8-9,14-21H2. The third kappa shape index (κ3) is 5.57. The molecule has 1 aliphatic carbocycles. The average molecular weight is 554 g/mol. The van der Waals surface area contributed by atoms with Gasteiger partial charge in [0.1, 0.15) is 11.6 Å². The van der Waals surface area contributed by atoms with Crippen molar-refractivity contribution in [2.45, 2.75) is 44.7 Å². The summed E-state index contributed by atoms with van der Waals surface area (Å²) in [6.07, 6.45) is 1.50. The van der Waals surface area contributed by atoms with Gasteiger partial charge in [0, 0.05) is 44.8 Å². The minimum Gasteiger partial charge on any atom is -0.369 e. The van der Waals surface area contributed by atoms with Crippen LogP contribution in [0.2, 0.25) is 0 Å². The topological polar surface area (TPSA) is 78.0 Å². The molecule has 0 radical (unpaired) electrons. The van der Waals surface area contributed by atoms with Crippen molar-refractivity contribution in [3.8, 4) is 0 Å². The highest BCUT2D eigenvalue weighted by Gasteiger charge is 2.45. The molecule has 1 atom stereocenters. The molecule has 2 fully saturated rings. The highest BCUT2D eigenvalue weighted by Crippen LogP contribution is 2.31. The van der Waals surface area contributed by atoms with Crippen LogP contribution in [0.5, 0.6) is 0 Å². The Balaban J connectivity index is 1.05. The number of imide groups is 1. The lowest BCUT2D eigenvalue weighted by Gasteiger charge is -2.36. The molecular formula is C33H32FN3O4. The molecule has 1 unspecified atom stereocenters. The first-order valence-electron chi connectivity index (χ1n) is 14.2. The quantitative estimate of drug-likeness (QED) is 0.322. The molecule has 2 amide bonds. The minimum absolute atomic E-state index is 0.140. The van der Waals surface area contributed by atoms with E-state index in [2.05, 4.69) is 34.1 Å². The molecule has 2 heterocycles. The molecule has 8 heteroatoms. The van der Waals surface area contributed by atoms with E-state index in [1.54, 1.807) is 12.1 Å². The Labute approximate surface area is 238 Å². The zero-order chi connectivity index (χ0) is 28.5. The maximum Gasteiger partial charge on any atom is 0.262 e. The van der Waals surface area contributed by atoms with E-state index >= 15 is 0 Å². The monoisotopic (exact) mass is 553 g/mol. The van der Waals surface area contributed by atoms with E-state index in [-0.39, 0.29) is 36.6 Å². The summed E-state index contributed by atoms with van der Waals surface area (Å²) in [4.78, 5) is 56.4. The summed E-state index contributed by atoms with van der Waals surface area (Å²) in [6.45, 7) is 4.53. The lowest BCUT2D eigenvalue weighted by molar-refractivity contribution is -0.132. The van der Waals surface area contributed by atoms with Gasteiger partial charge >= 0.3 is 0 Å². The molecule has 0 bridgehead atoms. The first-order chi connectivity index (χ1) is 19.9. The van der Waals surface area contributed by atoms with Crippen molar-refractivity contribution >= 4 is 29.1 Å². The van der Waals surface area contributed by atoms with Gasteiger partial charge in [0.15, 0.2) is 5.78 Å². The largest absolute Gasteiger partial charge is 0.369 e. The van der Waals surface area contributed by atoms with Crippen LogP contribution in [-0.4, -0.2) is 65.4 Å². The Morgan fingerprint density at radius 1 is 0.756 bits per heavy atom. The first kappa shape index (κ1) is 27.0. The molecular weight excluding hydrogens is 521 g/mol. The molecule has 210 valence electrons. The molecule has 7 nitrogen and oxygen atoms in total. The summed E-state index contributed by atoms with van der Waals surface area (Å²) >= 11 is 0. The SMILES string of the molecule is O=C1CCC(N2C(=O)c3cccc(CCc4ccc(CN5CCN(c6ccc(F)cc6)CC5)cc4)c3C2=O)C(=O)C1. The number of Topliss-reactive ketones (excluding diaryl/α,β-unsaturated/α-hetero) is 2. The zero-order valence-electron chi connectivity index (χ0n) is 22.9. The maximum absolute atomic E-state index is 13.4. The molecule has 0 N–H and O–H groups in total. The number of benzene rings is 3. The molecule has 0 spiro atoms. The van der Waals surface area contributed by atoms with Crippen molar-refractivity contribution in [2.75, 3.05) is 31.1 Å². The van der Waals surface area contributed by atoms with E-state index in [0.717, 1.165) is 54.4 Å². The molecule has 3 aromatic rings. The van der Waals surface area contributed by atoms with E-state index in [1.165, 1.54) is 17.7 Å². The first-order valence-corrected chi connectivity index (χ1v) is 14.2. The Morgan fingerprint density at radius 3 is 2.17 bits per heavy atom. The molecule has 0 aromatic heterocycles. The van der Waals surface area contributed by atoms with Crippen molar-refractivity contribution < 1.29 is 23.6 Å². The number of rotatable bonds is 7.